The molecule has 0 aliphatic heterocycles. The summed E-state index contributed by atoms with van der Waals surface area (Å²) in [5.74, 6) is -0.0593. The van der Waals surface area contributed by atoms with Gasteiger partial charge in [-0.25, -0.2) is 0 Å². The van der Waals surface area contributed by atoms with Crippen LogP contribution in [-0.2, 0) is 9.53 Å². The zero-order valence-corrected chi connectivity index (χ0v) is 10.2. The Bertz CT molecular complexity index is 94.1. The van der Waals surface area contributed by atoms with Crippen molar-refractivity contribution in [1.29, 1.82) is 0 Å². The van der Waals surface area contributed by atoms with E-state index >= 15 is 0 Å². The molecule has 0 amide bonds. The first kappa shape index (κ1) is 13.8. The summed E-state index contributed by atoms with van der Waals surface area (Å²) < 4.78 is 4.75. The molecule has 0 heterocycles. The minimum atomic E-state index is -0.0593. The molecule has 0 saturated heterocycles. The first-order valence-corrected chi connectivity index (χ1v) is 3.96. The minimum absolute atomic E-state index is 0. The number of ether oxygens (including phenoxy) is 1. The van der Waals surface area contributed by atoms with E-state index in [1.165, 1.54) is 0 Å². The third-order valence-electron chi connectivity index (χ3n) is 1.29. The van der Waals surface area contributed by atoms with Gasteiger partial charge in [0, 0.05) is 30.3 Å². The average Bonchev–Trinajstić information content (AvgIpc) is 1.89. The topological polar surface area (TPSA) is 26.3 Å². The van der Waals surface area contributed by atoms with Crippen LogP contribution < -0.4 is 0 Å². The van der Waals surface area contributed by atoms with Crippen molar-refractivity contribution in [3.63, 3.8) is 0 Å². The quantitative estimate of drug-likeness (QED) is 0.429. The van der Waals surface area contributed by atoms with Crippen molar-refractivity contribution in [2.45, 2.75) is 39.5 Å². The fraction of sp³-hybridized carbons (Fsp3) is 0.875. The number of unbranched alkanes of at least 4 members (excludes halogenated alkanes) is 2. The molecule has 0 bridgehead atoms. The number of carbonyl (C=O) groups is 1. The van der Waals surface area contributed by atoms with Crippen molar-refractivity contribution in [1.82, 2.24) is 0 Å². The summed E-state index contributed by atoms with van der Waals surface area (Å²) in [4.78, 5) is 10.7. The van der Waals surface area contributed by atoms with E-state index in [0.717, 1.165) is 19.3 Å². The van der Waals surface area contributed by atoms with E-state index in [4.69, 9.17) is 4.74 Å². The van der Waals surface area contributed by atoms with E-state index in [9.17, 15) is 4.79 Å². The third kappa shape index (κ3) is 10.3. The van der Waals surface area contributed by atoms with Gasteiger partial charge in [0.2, 0.25) is 0 Å². The predicted molar refractivity (Wildman–Crippen MR) is 46.5 cm³/mol. The van der Waals surface area contributed by atoms with Gasteiger partial charge in [-0.2, -0.15) is 0 Å². The van der Waals surface area contributed by atoms with E-state index in [1.807, 2.05) is 6.92 Å². The number of hydrogen-bond donors (Lipinski definition) is 0. The Kier molecular flexibility index (Phi) is 12.9. The molecule has 0 aliphatic carbocycles. The van der Waals surface area contributed by atoms with Gasteiger partial charge < -0.3 is 4.74 Å². The molecule has 0 N–H and O–H groups in total. The SMILES string of the molecule is CCCCCC(=O)OCC.[Sn]. The maximum atomic E-state index is 10.7. The molecule has 0 aromatic heterocycles. The second-order valence-corrected chi connectivity index (χ2v) is 2.26. The normalized spacial score (nSPS) is 8.55. The van der Waals surface area contributed by atoms with Crippen LogP contribution in [0.1, 0.15) is 39.5 Å². The van der Waals surface area contributed by atoms with Crippen LogP contribution in [-0.4, -0.2) is 36.5 Å². The Hall–Kier alpha value is 0.269. The smallest absolute Gasteiger partial charge is 0.305 e. The summed E-state index contributed by atoms with van der Waals surface area (Å²) in [5, 5.41) is 0. The molecule has 11 heavy (non-hydrogen) atoms. The van der Waals surface area contributed by atoms with E-state index in [2.05, 4.69) is 6.92 Å². The van der Waals surface area contributed by atoms with Crippen LogP contribution in [0.2, 0.25) is 0 Å². The van der Waals surface area contributed by atoms with Gasteiger partial charge in [-0.3, -0.25) is 4.79 Å². The summed E-state index contributed by atoms with van der Waals surface area (Å²) >= 11 is 0. The summed E-state index contributed by atoms with van der Waals surface area (Å²) in [6, 6.07) is 0. The largest absolute Gasteiger partial charge is 0.466 e. The Morgan fingerprint density at radius 2 is 1.91 bits per heavy atom. The molecule has 3 heteroatoms. The van der Waals surface area contributed by atoms with Gasteiger partial charge >= 0.3 is 5.97 Å². The Morgan fingerprint density at radius 3 is 2.36 bits per heavy atom. The van der Waals surface area contributed by atoms with Gasteiger partial charge in [0.15, 0.2) is 0 Å². The van der Waals surface area contributed by atoms with E-state index in [-0.39, 0.29) is 29.9 Å². The molecule has 0 fully saturated rings. The number of carbonyl (C=O) groups excluding carboxylic acids is 1. The maximum Gasteiger partial charge on any atom is 0.305 e. The summed E-state index contributed by atoms with van der Waals surface area (Å²) in [6.45, 7) is 4.45. The monoisotopic (exact) mass is 264 g/mol. The number of esters is 1. The van der Waals surface area contributed by atoms with Crippen molar-refractivity contribution in [2.75, 3.05) is 6.61 Å². The molecular weight excluding hydrogens is 247 g/mol. The summed E-state index contributed by atoms with van der Waals surface area (Å²) in [7, 11) is 0. The molecule has 0 rings (SSSR count). The van der Waals surface area contributed by atoms with E-state index in [1.54, 1.807) is 0 Å². The van der Waals surface area contributed by atoms with Crippen LogP contribution in [0.4, 0.5) is 0 Å². The molecule has 2 nitrogen and oxygen atoms in total. The van der Waals surface area contributed by atoms with Crippen molar-refractivity contribution in [3.8, 4) is 0 Å². The van der Waals surface area contributed by atoms with Crippen LogP contribution in [0.3, 0.4) is 0 Å². The van der Waals surface area contributed by atoms with Crippen molar-refractivity contribution in [3.05, 3.63) is 0 Å². The van der Waals surface area contributed by atoms with Gasteiger partial charge in [0.1, 0.15) is 0 Å². The molecule has 0 aromatic carbocycles. The second-order valence-electron chi connectivity index (χ2n) is 2.26. The van der Waals surface area contributed by atoms with Crippen LogP contribution >= 0.6 is 0 Å². The van der Waals surface area contributed by atoms with E-state index in [0.29, 0.717) is 13.0 Å². The first-order valence-electron chi connectivity index (χ1n) is 3.96. The molecular formula is C8H16O2Sn. The van der Waals surface area contributed by atoms with Gasteiger partial charge in [-0.1, -0.05) is 19.8 Å². The standard InChI is InChI=1S/C8H16O2.Sn/c1-3-5-6-7-8(9)10-4-2;/h3-7H2,1-2H3;. The van der Waals surface area contributed by atoms with Crippen LogP contribution in [0.25, 0.3) is 0 Å². The molecule has 0 aromatic rings. The fourth-order valence-electron chi connectivity index (χ4n) is 0.752. The zero-order chi connectivity index (χ0) is 7.82. The fourth-order valence-corrected chi connectivity index (χ4v) is 0.752. The van der Waals surface area contributed by atoms with Gasteiger partial charge in [-0.05, 0) is 13.3 Å². The van der Waals surface area contributed by atoms with Crippen LogP contribution in [0, 0.1) is 0 Å². The summed E-state index contributed by atoms with van der Waals surface area (Å²) in [5.41, 5.74) is 0. The first-order chi connectivity index (χ1) is 4.81. The molecule has 4 radical (unpaired) electrons. The van der Waals surface area contributed by atoms with Gasteiger partial charge in [0.05, 0.1) is 6.61 Å². The van der Waals surface area contributed by atoms with Gasteiger partial charge in [-0.15, -0.1) is 0 Å². The molecule has 0 unspecified atom stereocenters. The summed E-state index contributed by atoms with van der Waals surface area (Å²) in [6.07, 6.45) is 3.83. The molecule has 0 spiro atoms. The van der Waals surface area contributed by atoms with Gasteiger partial charge in [0.25, 0.3) is 0 Å². The minimum Gasteiger partial charge on any atom is -0.466 e. The molecule has 0 aliphatic rings. The van der Waals surface area contributed by atoms with Crippen molar-refractivity contribution >= 4 is 29.9 Å². The maximum absolute atomic E-state index is 10.7. The van der Waals surface area contributed by atoms with Crippen LogP contribution in [0.15, 0.2) is 0 Å². The Labute approximate surface area is 85.6 Å². The molecule has 0 atom stereocenters. The molecule has 0 saturated carbocycles. The molecule has 64 valence electrons. The van der Waals surface area contributed by atoms with Crippen molar-refractivity contribution < 1.29 is 9.53 Å². The van der Waals surface area contributed by atoms with E-state index < -0.39 is 0 Å². The average molecular weight is 263 g/mol. The zero-order valence-electron chi connectivity index (χ0n) is 7.35. The Balaban J connectivity index is 0. The second kappa shape index (κ2) is 10.3. The Morgan fingerprint density at radius 1 is 1.27 bits per heavy atom. The number of hydrogen-bond acceptors (Lipinski definition) is 2. The van der Waals surface area contributed by atoms with Crippen molar-refractivity contribution in [2.24, 2.45) is 0 Å². The third-order valence-corrected chi connectivity index (χ3v) is 1.29. The van der Waals surface area contributed by atoms with Crippen LogP contribution in [0.5, 0.6) is 0 Å². The predicted octanol–water partition coefficient (Wildman–Crippen LogP) is 1.75. The number of rotatable bonds is 5.